The summed E-state index contributed by atoms with van der Waals surface area (Å²) in [5, 5.41) is 0. The van der Waals surface area contributed by atoms with Gasteiger partial charge in [-0.25, -0.2) is 0 Å². The van der Waals surface area contributed by atoms with E-state index in [2.05, 4.69) is 32.6 Å². The third-order valence-electron chi connectivity index (χ3n) is 2.95. The molecule has 0 bridgehead atoms. The lowest BCUT2D eigenvalue weighted by atomic mass is 10.1. The molecule has 1 aromatic heterocycles. The minimum absolute atomic E-state index is 0.186. The number of furan rings is 1. The second-order valence-corrected chi connectivity index (χ2v) is 5.38. The van der Waals surface area contributed by atoms with Crippen molar-refractivity contribution in [1.82, 2.24) is 4.90 Å². The number of nitrogens with zero attached hydrogens (tertiary/aromatic N) is 1. The molecular weight excluding hydrogens is 212 g/mol. The maximum atomic E-state index is 5.93. The summed E-state index contributed by atoms with van der Waals surface area (Å²) in [5.74, 6) is 2.56. The SMILES string of the molecule is Cc1ccc(C(CN)N(CC(C)C)C(C)C)o1. The van der Waals surface area contributed by atoms with Gasteiger partial charge in [0.1, 0.15) is 11.5 Å². The van der Waals surface area contributed by atoms with E-state index in [0.717, 1.165) is 18.1 Å². The van der Waals surface area contributed by atoms with E-state index in [-0.39, 0.29) is 6.04 Å². The molecule has 0 aliphatic rings. The molecule has 3 nitrogen and oxygen atoms in total. The molecule has 0 saturated carbocycles. The Bertz CT molecular complexity index is 331. The first-order chi connectivity index (χ1) is 7.95. The van der Waals surface area contributed by atoms with Gasteiger partial charge >= 0.3 is 0 Å². The van der Waals surface area contributed by atoms with Crippen LogP contribution in [0.15, 0.2) is 16.5 Å². The van der Waals surface area contributed by atoms with Crippen LogP contribution >= 0.6 is 0 Å². The normalized spacial score (nSPS) is 13.9. The molecule has 98 valence electrons. The summed E-state index contributed by atoms with van der Waals surface area (Å²) in [6.45, 7) is 12.5. The fourth-order valence-electron chi connectivity index (χ4n) is 2.17. The average Bonchev–Trinajstić information content (AvgIpc) is 2.64. The highest BCUT2D eigenvalue weighted by molar-refractivity contribution is 5.10. The molecule has 0 aromatic carbocycles. The van der Waals surface area contributed by atoms with E-state index in [4.69, 9.17) is 10.2 Å². The van der Waals surface area contributed by atoms with E-state index < -0.39 is 0 Å². The van der Waals surface area contributed by atoms with Gasteiger partial charge in [0.05, 0.1) is 6.04 Å². The Morgan fingerprint density at radius 2 is 1.88 bits per heavy atom. The molecule has 0 radical (unpaired) electrons. The largest absolute Gasteiger partial charge is 0.465 e. The van der Waals surface area contributed by atoms with Crippen LogP contribution in [0.1, 0.15) is 45.3 Å². The topological polar surface area (TPSA) is 42.4 Å². The monoisotopic (exact) mass is 238 g/mol. The van der Waals surface area contributed by atoms with E-state index in [0.29, 0.717) is 18.5 Å². The summed E-state index contributed by atoms with van der Waals surface area (Å²) >= 11 is 0. The zero-order chi connectivity index (χ0) is 13.0. The van der Waals surface area contributed by atoms with Crippen LogP contribution in [0.5, 0.6) is 0 Å². The number of aryl methyl sites for hydroxylation is 1. The summed E-state index contributed by atoms with van der Waals surface area (Å²) in [6.07, 6.45) is 0. The lowest BCUT2D eigenvalue weighted by molar-refractivity contribution is 0.122. The minimum atomic E-state index is 0.186. The van der Waals surface area contributed by atoms with Gasteiger partial charge in [0.2, 0.25) is 0 Å². The first-order valence-corrected chi connectivity index (χ1v) is 6.47. The van der Waals surface area contributed by atoms with E-state index in [9.17, 15) is 0 Å². The second-order valence-electron chi connectivity index (χ2n) is 5.38. The van der Waals surface area contributed by atoms with Crippen LogP contribution in [0.2, 0.25) is 0 Å². The predicted molar refractivity (Wildman–Crippen MR) is 71.9 cm³/mol. The number of hydrogen-bond donors (Lipinski definition) is 1. The van der Waals surface area contributed by atoms with Crippen LogP contribution in [0.4, 0.5) is 0 Å². The lowest BCUT2D eigenvalue weighted by Crippen LogP contribution is -2.40. The fraction of sp³-hybridized carbons (Fsp3) is 0.714. The number of hydrogen-bond acceptors (Lipinski definition) is 3. The van der Waals surface area contributed by atoms with E-state index in [1.165, 1.54) is 0 Å². The number of nitrogens with two attached hydrogens (primary N) is 1. The summed E-state index contributed by atoms with van der Waals surface area (Å²) in [4.78, 5) is 2.42. The van der Waals surface area contributed by atoms with Crippen molar-refractivity contribution in [3.05, 3.63) is 23.7 Å². The van der Waals surface area contributed by atoms with Crippen LogP contribution in [-0.2, 0) is 0 Å². The van der Waals surface area contributed by atoms with Crippen molar-refractivity contribution in [1.29, 1.82) is 0 Å². The number of rotatable bonds is 6. The van der Waals surface area contributed by atoms with Crippen molar-refractivity contribution < 1.29 is 4.42 Å². The van der Waals surface area contributed by atoms with Gasteiger partial charge in [0.15, 0.2) is 0 Å². The molecule has 0 saturated heterocycles. The quantitative estimate of drug-likeness (QED) is 0.828. The van der Waals surface area contributed by atoms with E-state index in [1.807, 2.05) is 19.1 Å². The van der Waals surface area contributed by atoms with Crippen molar-refractivity contribution in [3.63, 3.8) is 0 Å². The second kappa shape index (κ2) is 6.22. The summed E-state index contributed by atoms with van der Waals surface area (Å²) in [6, 6.07) is 4.71. The zero-order valence-electron chi connectivity index (χ0n) is 11.7. The molecule has 3 heteroatoms. The molecule has 1 rings (SSSR count). The van der Waals surface area contributed by atoms with Crippen LogP contribution in [0.25, 0.3) is 0 Å². The van der Waals surface area contributed by atoms with Crippen LogP contribution in [0.3, 0.4) is 0 Å². The highest BCUT2D eigenvalue weighted by Gasteiger charge is 2.24. The van der Waals surface area contributed by atoms with Crippen molar-refractivity contribution in [2.75, 3.05) is 13.1 Å². The Labute approximate surface area is 105 Å². The lowest BCUT2D eigenvalue weighted by Gasteiger charge is -2.34. The Kier molecular flexibility index (Phi) is 5.22. The van der Waals surface area contributed by atoms with Gasteiger partial charge in [-0.2, -0.15) is 0 Å². The van der Waals surface area contributed by atoms with Crippen molar-refractivity contribution in [3.8, 4) is 0 Å². The third kappa shape index (κ3) is 3.86. The molecule has 2 N–H and O–H groups in total. The van der Waals surface area contributed by atoms with Gasteiger partial charge in [-0.15, -0.1) is 0 Å². The first kappa shape index (κ1) is 14.3. The Morgan fingerprint density at radius 1 is 1.24 bits per heavy atom. The smallest absolute Gasteiger partial charge is 0.122 e. The van der Waals surface area contributed by atoms with Crippen LogP contribution in [-0.4, -0.2) is 24.0 Å². The van der Waals surface area contributed by atoms with Crippen molar-refractivity contribution in [2.45, 2.75) is 46.7 Å². The Balaban J connectivity index is 2.88. The van der Waals surface area contributed by atoms with Crippen molar-refractivity contribution >= 4 is 0 Å². The fourth-order valence-corrected chi connectivity index (χ4v) is 2.17. The molecule has 1 aromatic rings. The van der Waals surface area contributed by atoms with E-state index in [1.54, 1.807) is 0 Å². The summed E-state index contributed by atoms with van der Waals surface area (Å²) < 4.78 is 5.73. The average molecular weight is 238 g/mol. The molecule has 0 amide bonds. The molecule has 1 heterocycles. The highest BCUT2D eigenvalue weighted by atomic mass is 16.3. The maximum Gasteiger partial charge on any atom is 0.122 e. The minimum Gasteiger partial charge on any atom is -0.465 e. The molecule has 0 fully saturated rings. The van der Waals surface area contributed by atoms with Crippen LogP contribution in [0, 0.1) is 12.8 Å². The molecule has 1 atom stereocenters. The third-order valence-corrected chi connectivity index (χ3v) is 2.95. The van der Waals surface area contributed by atoms with Gasteiger partial charge in [-0.3, -0.25) is 4.90 Å². The Hall–Kier alpha value is -0.800. The van der Waals surface area contributed by atoms with Gasteiger partial charge in [0, 0.05) is 19.1 Å². The van der Waals surface area contributed by atoms with Gasteiger partial charge in [-0.1, -0.05) is 13.8 Å². The first-order valence-electron chi connectivity index (χ1n) is 6.47. The van der Waals surface area contributed by atoms with Gasteiger partial charge < -0.3 is 10.2 Å². The van der Waals surface area contributed by atoms with Gasteiger partial charge in [-0.05, 0) is 38.8 Å². The summed E-state index contributed by atoms with van der Waals surface area (Å²) in [7, 11) is 0. The molecule has 1 unspecified atom stereocenters. The summed E-state index contributed by atoms with van der Waals surface area (Å²) in [5.41, 5.74) is 5.93. The molecule has 0 aliphatic carbocycles. The zero-order valence-corrected chi connectivity index (χ0v) is 11.7. The highest BCUT2D eigenvalue weighted by Crippen LogP contribution is 2.24. The van der Waals surface area contributed by atoms with Crippen molar-refractivity contribution in [2.24, 2.45) is 11.7 Å². The maximum absolute atomic E-state index is 5.93. The predicted octanol–water partition coefficient (Wildman–Crippen LogP) is 2.95. The van der Waals surface area contributed by atoms with Gasteiger partial charge in [0.25, 0.3) is 0 Å². The standard InChI is InChI=1S/C14H26N2O/c1-10(2)9-16(11(3)4)13(8-15)14-7-6-12(5)17-14/h6-7,10-11,13H,8-9,15H2,1-5H3. The van der Waals surface area contributed by atoms with E-state index >= 15 is 0 Å². The van der Waals surface area contributed by atoms with Crippen LogP contribution < -0.4 is 5.73 Å². The molecule has 17 heavy (non-hydrogen) atoms. The molecule has 0 aliphatic heterocycles. The molecular formula is C14H26N2O. The molecule has 0 spiro atoms. The Morgan fingerprint density at radius 3 is 2.24 bits per heavy atom.